The van der Waals surface area contributed by atoms with Gasteiger partial charge in [-0.15, -0.1) is 11.8 Å². The van der Waals surface area contributed by atoms with Gasteiger partial charge in [-0.1, -0.05) is 98.3 Å². The Kier molecular flexibility index (Phi) is 17.6. The van der Waals surface area contributed by atoms with Gasteiger partial charge in [-0.2, -0.15) is 0 Å². The highest BCUT2D eigenvalue weighted by Crippen LogP contribution is 2.25. The minimum Gasteiger partial charge on any atom is -0.103 e. The Morgan fingerprint density at radius 2 is 1.09 bits per heavy atom. The predicted octanol–water partition coefficient (Wildman–Crippen LogP) is 8.15. The van der Waals surface area contributed by atoms with Crippen LogP contribution in [-0.2, 0) is 0 Å². The second-order valence-corrected chi connectivity index (χ2v) is 7.62. The van der Waals surface area contributed by atoms with Crippen LogP contribution in [0, 0.1) is 23.7 Å². The third kappa shape index (κ3) is 16.2. The molecule has 0 nitrogen and oxygen atoms in total. The molecule has 0 aromatic heterocycles. The quantitative estimate of drug-likeness (QED) is 0.211. The van der Waals surface area contributed by atoms with Crippen molar-refractivity contribution in [1.82, 2.24) is 0 Å². The fourth-order valence-electron chi connectivity index (χ4n) is 3.27. The Morgan fingerprint density at radius 3 is 1.65 bits per heavy atom. The molecule has 0 fully saturated rings. The molecule has 0 radical (unpaired) electrons. The van der Waals surface area contributed by atoms with Crippen LogP contribution in [0.15, 0.2) is 0 Å². The van der Waals surface area contributed by atoms with Crippen LogP contribution in [-0.4, -0.2) is 0 Å². The summed E-state index contributed by atoms with van der Waals surface area (Å²) in [5, 5.41) is 0. The first kappa shape index (κ1) is 22.6. The summed E-state index contributed by atoms with van der Waals surface area (Å²) in [4.78, 5) is 0. The molecular formula is C23H44. The van der Waals surface area contributed by atoms with E-state index in [1.165, 1.54) is 83.5 Å². The van der Waals surface area contributed by atoms with Gasteiger partial charge in [0.05, 0.1) is 0 Å². The van der Waals surface area contributed by atoms with Crippen LogP contribution < -0.4 is 0 Å². The predicted molar refractivity (Wildman–Crippen MR) is 107 cm³/mol. The van der Waals surface area contributed by atoms with Crippen LogP contribution >= 0.6 is 0 Å². The van der Waals surface area contributed by atoms with Gasteiger partial charge >= 0.3 is 0 Å². The average Bonchev–Trinajstić information content (AvgIpc) is 2.54. The molecule has 0 aliphatic heterocycles. The summed E-state index contributed by atoms with van der Waals surface area (Å²) in [6.07, 6.45) is 20.5. The van der Waals surface area contributed by atoms with Crippen LogP contribution in [0.2, 0.25) is 0 Å². The molecule has 23 heavy (non-hydrogen) atoms. The van der Waals surface area contributed by atoms with E-state index in [-0.39, 0.29) is 0 Å². The van der Waals surface area contributed by atoms with Gasteiger partial charge in [0.25, 0.3) is 0 Å². The van der Waals surface area contributed by atoms with E-state index < -0.39 is 0 Å². The average molecular weight is 321 g/mol. The zero-order valence-electron chi connectivity index (χ0n) is 16.8. The van der Waals surface area contributed by atoms with E-state index in [9.17, 15) is 0 Å². The first-order valence-corrected chi connectivity index (χ1v) is 10.7. The standard InChI is InChI=1S/C23H44/c1-5-7-9-11-13-15-17-19-21-23(22(3)4)20-18-16-14-12-10-8-6-2/h22-23H,5-9,11,13-21H2,1-4H3. The molecule has 0 N–H and O–H groups in total. The molecule has 0 aliphatic rings. The van der Waals surface area contributed by atoms with Crippen LogP contribution in [0.1, 0.15) is 124 Å². The number of hydrogen-bond acceptors (Lipinski definition) is 0. The van der Waals surface area contributed by atoms with Crippen molar-refractivity contribution >= 4 is 0 Å². The molecule has 0 aromatic carbocycles. The van der Waals surface area contributed by atoms with Crippen molar-refractivity contribution in [1.29, 1.82) is 0 Å². The van der Waals surface area contributed by atoms with E-state index in [1.54, 1.807) is 0 Å². The van der Waals surface area contributed by atoms with Crippen LogP contribution in [0.25, 0.3) is 0 Å². The summed E-state index contributed by atoms with van der Waals surface area (Å²) in [6.45, 7) is 9.32. The smallest absolute Gasteiger partial charge is 0.00886 e. The van der Waals surface area contributed by atoms with Crippen molar-refractivity contribution in [3.63, 3.8) is 0 Å². The molecule has 0 aliphatic carbocycles. The third-order valence-corrected chi connectivity index (χ3v) is 5.00. The molecule has 136 valence electrons. The fourth-order valence-corrected chi connectivity index (χ4v) is 3.27. The monoisotopic (exact) mass is 320 g/mol. The maximum atomic E-state index is 3.32. The first-order valence-electron chi connectivity index (χ1n) is 10.7. The Labute approximate surface area is 148 Å². The summed E-state index contributed by atoms with van der Waals surface area (Å²) in [6, 6.07) is 0. The number of rotatable bonds is 15. The molecule has 0 rings (SSSR count). The molecule has 0 saturated carbocycles. The van der Waals surface area contributed by atoms with Crippen molar-refractivity contribution in [2.75, 3.05) is 0 Å². The Bertz CT molecular complexity index is 278. The van der Waals surface area contributed by atoms with Gasteiger partial charge in [-0.05, 0) is 24.7 Å². The van der Waals surface area contributed by atoms with Crippen molar-refractivity contribution < 1.29 is 0 Å². The van der Waals surface area contributed by atoms with Crippen LogP contribution in [0.3, 0.4) is 0 Å². The molecule has 0 heterocycles. The molecule has 0 amide bonds. The minimum absolute atomic E-state index is 0.853. The second-order valence-electron chi connectivity index (χ2n) is 7.62. The van der Waals surface area contributed by atoms with Crippen molar-refractivity contribution in [2.45, 2.75) is 124 Å². The van der Waals surface area contributed by atoms with Gasteiger partial charge in [0.15, 0.2) is 0 Å². The Hall–Kier alpha value is -0.440. The molecule has 0 spiro atoms. The lowest BCUT2D eigenvalue weighted by Gasteiger charge is -2.20. The highest BCUT2D eigenvalue weighted by Gasteiger charge is 2.12. The summed E-state index contributed by atoms with van der Waals surface area (Å²) >= 11 is 0. The van der Waals surface area contributed by atoms with Gasteiger partial charge in [-0.3, -0.25) is 0 Å². The van der Waals surface area contributed by atoms with Crippen LogP contribution in [0.5, 0.6) is 0 Å². The number of hydrogen-bond donors (Lipinski definition) is 0. The first-order chi connectivity index (χ1) is 11.2. The molecule has 0 saturated heterocycles. The van der Waals surface area contributed by atoms with E-state index >= 15 is 0 Å². The largest absolute Gasteiger partial charge is 0.103 e. The summed E-state index contributed by atoms with van der Waals surface area (Å²) in [5.74, 6) is 8.38. The lowest BCUT2D eigenvalue weighted by molar-refractivity contribution is 0.315. The van der Waals surface area contributed by atoms with E-state index in [0.717, 1.165) is 24.7 Å². The third-order valence-electron chi connectivity index (χ3n) is 5.00. The maximum Gasteiger partial charge on any atom is 0.00886 e. The molecule has 1 atom stereocenters. The zero-order valence-corrected chi connectivity index (χ0v) is 16.8. The lowest BCUT2D eigenvalue weighted by Crippen LogP contribution is -2.08. The van der Waals surface area contributed by atoms with Gasteiger partial charge < -0.3 is 0 Å². The highest BCUT2D eigenvalue weighted by atomic mass is 14.2. The molecule has 0 heteroatoms. The van der Waals surface area contributed by atoms with Crippen molar-refractivity contribution in [3.05, 3.63) is 0 Å². The van der Waals surface area contributed by atoms with Gasteiger partial charge in [0.2, 0.25) is 0 Å². The van der Waals surface area contributed by atoms with Gasteiger partial charge in [0.1, 0.15) is 0 Å². The Morgan fingerprint density at radius 1 is 0.565 bits per heavy atom. The van der Waals surface area contributed by atoms with E-state index in [2.05, 4.69) is 39.5 Å². The molecule has 1 unspecified atom stereocenters. The highest BCUT2D eigenvalue weighted by molar-refractivity contribution is 4.98. The van der Waals surface area contributed by atoms with E-state index in [1.807, 2.05) is 0 Å². The fraction of sp³-hybridized carbons (Fsp3) is 0.913. The Balaban J connectivity index is 3.57. The summed E-state index contributed by atoms with van der Waals surface area (Å²) in [7, 11) is 0. The number of unbranched alkanes of at least 4 members (excludes halogenated alkanes) is 10. The van der Waals surface area contributed by atoms with Crippen molar-refractivity contribution in [3.8, 4) is 11.8 Å². The maximum absolute atomic E-state index is 3.32. The van der Waals surface area contributed by atoms with E-state index in [4.69, 9.17) is 0 Å². The summed E-state index contributed by atoms with van der Waals surface area (Å²) in [5.41, 5.74) is 0. The lowest BCUT2D eigenvalue weighted by atomic mass is 9.86. The van der Waals surface area contributed by atoms with Crippen LogP contribution in [0.4, 0.5) is 0 Å². The van der Waals surface area contributed by atoms with Gasteiger partial charge in [0, 0.05) is 12.8 Å². The normalized spacial score (nSPS) is 12.2. The SMILES string of the molecule is CCCC#CCCCCC(CCCCCCCCCC)C(C)C. The molecular weight excluding hydrogens is 276 g/mol. The summed E-state index contributed by atoms with van der Waals surface area (Å²) < 4.78 is 0. The molecule has 0 bridgehead atoms. The van der Waals surface area contributed by atoms with Gasteiger partial charge in [-0.25, -0.2) is 0 Å². The minimum atomic E-state index is 0.853. The topological polar surface area (TPSA) is 0 Å². The van der Waals surface area contributed by atoms with E-state index in [0.29, 0.717) is 0 Å². The molecule has 0 aromatic rings. The second kappa shape index (κ2) is 17.9. The zero-order chi connectivity index (χ0) is 17.2. The van der Waals surface area contributed by atoms with Crippen molar-refractivity contribution in [2.24, 2.45) is 11.8 Å².